The summed E-state index contributed by atoms with van der Waals surface area (Å²) in [6, 6.07) is 17.3. The SMILES string of the molecule is O=C(Nc1ccccc1)c1c(N=Cc2ccc(-c3ccc(Cl)c([N+](=O)[O-])c3)o2)sc2c1CCCC2. The Balaban J connectivity index is 1.43. The number of hydrogen-bond donors (Lipinski definition) is 1. The lowest BCUT2D eigenvalue weighted by Crippen LogP contribution is -2.14. The zero-order valence-electron chi connectivity index (χ0n) is 18.5. The van der Waals surface area contributed by atoms with Crippen molar-refractivity contribution in [1.29, 1.82) is 0 Å². The summed E-state index contributed by atoms with van der Waals surface area (Å²) in [6.07, 6.45) is 5.53. The summed E-state index contributed by atoms with van der Waals surface area (Å²) in [5.74, 6) is 0.758. The summed E-state index contributed by atoms with van der Waals surface area (Å²) in [4.78, 5) is 29.7. The molecule has 0 atom stereocenters. The van der Waals surface area contributed by atoms with Crippen molar-refractivity contribution in [2.75, 3.05) is 5.32 Å². The molecule has 1 N–H and O–H groups in total. The second kappa shape index (κ2) is 9.85. The Hall–Kier alpha value is -3.75. The summed E-state index contributed by atoms with van der Waals surface area (Å²) in [6.45, 7) is 0. The molecule has 0 spiro atoms. The number of furan rings is 1. The Morgan fingerprint density at radius 1 is 1.11 bits per heavy atom. The minimum atomic E-state index is -0.530. The van der Waals surface area contributed by atoms with E-state index in [1.165, 1.54) is 28.3 Å². The number of benzene rings is 2. The van der Waals surface area contributed by atoms with Crippen LogP contribution in [0.2, 0.25) is 5.02 Å². The normalized spacial score (nSPS) is 13.1. The average molecular weight is 506 g/mol. The maximum absolute atomic E-state index is 13.2. The van der Waals surface area contributed by atoms with Gasteiger partial charge in [0.25, 0.3) is 11.6 Å². The molecule has 1 amide bonds. The smallest absolute Gasteiger partial charge is 0.288 e. The molecule has 35 heavy (non-hydrogen) atoms. The first-order chi connectivity index (χ1) is 17.0. The number of nitro benzene ring substituents is 1. The third-order valence-electron chi connectivity index (χ3n) is 5.77. The van der Waals surface area contributed by atoms with E-state index in [-0.39, 0.29) is 16.6 Å². The van der Waals surface area contributed by atoms with Crippen molar-refractivity contribution in [3.63, 3.8) is 0 Å². The number of aryl methyl sites for hydroxylation is 1. The maximum Gasteiger partial charge on any atom is 0.288 e. The van der Waals surface area contributed by atoms with E-state index in [9.17, 15) is 14.9 Å². The number of hydrogen-bond acceptors (Lipinski definition) is 6. The fraction of sp³-hybridized carbons (Fsp3) is 0.154. The summed E-state index contributed by atoms with van der Waals surface area (Å²) in [7, 11) is 0. The van der Waals surface area contributed by atoms with Gasteiger partial charge in [0, 0.05) is 22.2 Å². The highest BCUT2D eigenvalue weighted by molar-refractivity contribution is 7.16. The van der Waals surface area contributed by atoms with E-state index in [1.807, 2.05) is 30.3 Å². The van der Waals surface area contributed by atoms with Crippen LogP contribution in [0.4, 0.5) is 16.4 Å². The summed E-state index contributed by atoms with van der Waals surface area (Å²) in [5.41, 5.74) is 2.78. The number of halogens is 1. The van der Waals surface area contributed by atoms with Gasteiger partial charge in [-0.05, 0) is 67.6 Å². The third-order valence-corrected chi connectivity index (χ3v) is 7.29. The van der Waals surface area contributed by atoms with Gasteiger partial charge in [-0.2, -0.15) is 0 Å². The van der Waals surface area contributed by atoms with Gasteiger partial charge in [-0.1, -0.05) is 29.8 Å². The number of nitro groups is 1. The van der Waals surface area contributed by atoms with Crippen LogP contribution in [0.5, 0.6) is 0 Å². The zero-order valence-corrected chi connectivity index (χ0v) is 20.1. The fourth-order valence-corrected chi connectivity index (χ4v) is 5.51. The van der Waals surface area contributed by atoms with Crippen LogP contribution in [-0.2, 0) is 12.8 Å². The minimum Gasteiger partial charge on any atom is -0.455 e. The van der Waals surface area contributed by atoms with Crippen molar-refractivity contribution in [2.45, 2.75) is 25.7 Å². The molecule has 0 aliphatic heterocycles. The molecule has 2 heterocycles. The molecule has 5 rings (SSSR count). The van der Waals surface area contributed by atoms with E-state index in [1.54, 1.807) is 24.4 Å². The Morgan fingerprint density at radius 3 is 2.71 bits per heavy atom. The number of nitrogens with zero attached hydrogens (tertiary/aromatic N) is 2. The molecule has 1 aliphatic rings. The van der Waals surface area contributed by atoms with Crippen molar-refractivity contribution in [3.8, 4) is 11.3 Å². The third kappa shape index (κ3) is 4.89. The summed E-state index contributed by atoms with van der Waals surface area (Å²) in [5, 5.41) is 14.9. The molecule has 9 heteroatoms. The Morgan fingerprint density at radius 2 is 1.91 bits per heavy atom. The van der Waals surface area contributed by atoms with Crippen molar-refractivity contribution in [1.82, 2.24) is 0 Å². The van der Waals surface area contributed by atoms with E-state index in [0.717, 1.165) is 36.9 Å². The van der Waals surface area contributed by atoms with Crippen molar-refractivity contribution in [2.24, 2.45) is 4.99 Å². The Labute approximate surface area is 210 Å². The lowest BCUT2D eigenvalue weighted by molar-refractivity contribution is -0.384. The molecular formula is C26H20ClN3O4S. The first-order valence-electron chi connectivity index (χ1n) is 11.1. The molecule has 7 nitrogen and oxygen atoms in total. The minimum absolute atomic E-state index is 0.0649. The average Bonchev–Trinajstić information content (AvgIpc) is 3.48. The summed E-state index contributed by atoms with van der Waals surface area (Å²) < 4.78 is 5.85. The first-order valence-corrected chi connectivity index (χ1v) is 12.3. The van der Waals surface area contributed by atoms with E-state index in [0.29, 0.717) is 27.6 Å². The summed E-state index contributed by atoms with van der Waals surface area (Å²) >= 11 is 7.45. The number of para-hydroxylation sites is 1. The van der Waals surface area contributed by atoms with Gasteiger partial charge in [-0.15, -0.1) is 11.3 Å². The highest BCUT2D eigenvalue weighted by atomic mass is 35.5. The highest BCUT2D eigenvalue weighted by Gasteiger charge is 2.25. The van der Waals surface area contributed by atoms with Crippen LogP contribution in [0.25, 0.3) is 11.3 Å². The lowest BCUT2D eigenvalue weighted by Gasteiger charge is -2.12. The predicted octanol–water partition coefficient (Wildman–Crippen LogP) is 7.45. The van der Waals surface area contributed by atoms with Gasteiger partial charge in [0.2, 0.25) is 0 Å². The van der Waals surface area contributed by atoms with Crippen LogP contribution in [0.1, 0.15) is 39.4 Å². The number of anilines is 1. The fourth-order valence-electron chi connectivity index (χ4n) is 4.10. The number of thiophene rings is 1. The number of rotatable bonds is 6. The number of fused-ring (bicyclic) bond motifs is 1. The van der Waals surface area contributed by atoms with Crippen LogP contribution >= 0.6 is 22.9 Å². The van der Waals surface area contributed by atoms with E-state index in [4.69, 9.17) is 16.0 Å². The molecule has 0 unspecified atom stereocenters. The quantitative estimate of drug-likeness (QED) is 0.167. The van der Waals surface area contributed by atoms with Gasteiger partial charge in [0.15, 0.2) is 0 Å². The van der Waals surface area contributed by atoms with E-state index in [2.05, 4.69) is 10.3 Å². The second-order valence-corrected chi connectivity index (χ2v) is 9.59. The number of amides is 1. The van der Waals surface area contributed by atoms with Crippen molar-refractivity contribution >= 4 is 51.4 Å². The molecule has 0 saturated heterocycles. The van der Waals surface area contributed by atoms with Gasteiger partial charge in [-0.25, -0.2) is 4.99 Å². The van der Waals surface area contributed by atoms with Crippen LogP contribution in [0.15, 0.2) is 70.1 Å². The number of aliphatic imine (C=N–C) groups is 1. The van der Waals surface area contributed by atoms with E-state index >= 15 is 0 Å². The molecule has 2 aromatic heterocycles. The highest BCUT2D eigenvalue weighted by Crippen LogP contribution is 2.40. The molecule has 0 bridgehead atoms. The number of nitrogens with one attached hydrogen (secondary N) is 1. The molecular weight excluding hydrogens is 486 g/mol. The molecule has 4 aromatic rings. The Bertz CT molecular complexity index is 1440. The van der Waals surface area contributed by atoms with Gasteiger partial charge in [-0.3, -0.25) is 14.9 Å². The molecule has 0 saturated carbocycles. The largest absolute Gasteiger partial charge is 0.455 e. The van der Waals surface area contributed by atoms with Gasteiger partial charge >= 0.3 is 0 Å². The molecule has 1 aliphatic carbocycles. The molecule has 0 fully saturated rings. The zero-order chi connectivity index (χ0) is 24.4. The van der Waals surface area contributed by atoms with E-state index < -0.39 is 4.92 Å². The van der Waals surface area contributed by atoms with Crippen molar-refractivity contribution < 1.29 is 14.1 Å². The van der Waals surface area contributed by atoms with Gasteiger partial charge in [0.05, 0.1) is 16.7 Å². The molecule has 2 aromatic carbocycles. The van der Waals surface area contributed by atoms with Crippen LogP contribution in [0, 0.1) is 10.1 Å². The Kier molecular flexibility index (Phi) is 6.48. The second-order valence-electron chi connectivity index (χ2n) is 8.09. The maximum atomic E-state index is 13.2. The number of carbonyl (C=O) groups is 1. The van der Waals surface area contributed by atoms with Gasteiger partial charge in [0.1, 0.15) is 21.5 Å². The molecule has 176 valence electrons. The monoisotopic (exact) mass is 505 g/mol. The lowest BCUT2D eigenvalue weighted by atomic mass is 9.95. The van der Waals surface area contributed by atoms with Crippen molar-refractivity contribution in [3.05, 3.63) is 97.6 Å². The standard InChI is InChI=1S/C26H20ClN3O4S/c27-20-12-10-16(14-21(20)30(32)33)22-13-11-18(34-22)15-28-26-24(19-8-4-5-9-23(19)35-26)25(31)29-17-6-2-1-3-7-17/h1-3,6-7,10-15H,4-5,8-9H2,(H,29,31). The van der Waals surface area contributed by atoms with Gasteiger partial charge < -0.3 is 9.73 Å². The van der Waals surface area contributed by atoms with Crippen LogP contribution in [0.3, 0.4) is 0 Å². The predicted molar refractivity (Wildman–Crippen MR) is 138 cm³/mol. The topological polar surface area (TPSA) is 97.7 Å². The van der Waals surface area contributed by atoms with Crippen LogP contribution < -0.4 is 5.32 Å². The van der Waals surface area contributed by atoms with Crippen LogP contribution in [-0.4, -0.2) is 17.0 Å². The first kappa shape index (κ1) is 23.0. The molecule has 0 radical (unpaired) electrons. The number of carbonyl (C=O) groups excluding carboxylic acids is 1.